The highest BCUT2D eigenvalue weighted by atomic mass is 15.0. The Morgan fingerprint density at radius 3 is 1.76 bits per heavy atom. The Kier molecular flexibility index (Phi) is 6.56. The molecule has 0 radical (unpaired) electrons. The Labute approximate surface area is 287 Å². The monoisotopic (exact) mass is 635 g/mol. The van der Waals surface area contributed by atoms with Crippen molar-refractivity contribution in [3.8, 4) is 51.8 Å². The van der Waals surface area contributed by atoms with Gasteiger partial charge in [0.25, 0.3) is 0 Å². The van der Waals surface area contributed by atoms with Crippen LogP contribution in [0.5, 0.6) is 0 Å². The summed E-state index contributed by atoms with van der Waals surface area (Å²) in [6, 6.07) is 57.9. The molecule has 0 saturated heterocycles. The minimum absolute atomic E-state index is 0.566. The largest absolute Gasteiger partial charge is 0.309 e. The van der Waals surface area contributed by atoms with E-state index in [0.717, 1.165) is 77.2 Å². The van der Waals surface area contributed by atoms with Crippen molar-refractivity contribution in [2.24, 2.45) is 0 Å². The number of nitrogens with zero attached hydrogens (tertiary/aromatic N) is 5. The van der Waals surface area contributed by atoms with E-state index in [2.05, 4.69) is 118 Å². The highest BCUT2D eigenvalue weighted by molar-refractivity contribution is 6.12. The van der Waals surface area contributed by atoms with Crippen molar-refractivity contribution >= 4 is 43.6 Å². The molecule has 2 heterocycles. The molecule has 0 N–H and O–H groups in total. The highest BCUT2D eigenvalue weighted by Gasteiger charge is 2.20. The van der Waals surface area contributed by atoms with Gasteiger partial charge in [-0.2, -0.15) is 15.8 Å². The highest BCUT2D eigenvalue weighted by Crippen LogP contribution is 2.41. The Bertz CT molecular complexity index is 2920. The first kappa shape index (κ1) is 28.8. The van der Waals surface area contributed by atoms with Gasteiger partial charge in [-0.25, -0.2) is 0 Å². The zero-order valence-corrected chi connectivity index (χ0v) is 26.7. The Hall–Kier alpha value is -7.39. The van der Waals surface area contributed by atoms with Crippen LogP contribution in [0, 0.1) is 34.0 Å². The number of aromatic nitrogens is 2. The molecular weight excluding hydrogens is 611 g/mol. The average Bonchev–Trinajstić information content (AvgIpc) is 3.70. The van der Waals surface area contributed by atoms with E-state index in [9.17, 15) is 15.8 Å². The minimum atomic E-state index is 0.566. The fraction of sp³-hybridized carbons (Fsp3) is 0. The third-order valence-electron chi connectivity index (χ3n) is 9.62. The van der Waals surface area contributed by atoms with E-state index < -0.39 is 0 Å². The third kappa shape index (κ3) is 4.31. The van der Waals surface area contributed by atoms with Crippen LogP contribution in [0.2, 0.25) is 0 Å². The number of hydrogen-bond donors (Lipinski definition) is 0. The number of para-hydroxylation sites is 3. The molecule has 9 rings (SSSR count). The van der Waals surface area contributed by atoms with Crippen molar-refractivity contribution in [2.75, 3.05) is 0 Å². The van der Waals surface area contributed by atoms with Crippen LogP contribution in [0.15, 0.2) is 152 Å². The second-order valence-corrected chi connectivity index (χ2v) is 12.3. The van der Waals surface area contributed by atoms with E-state index in [1.54, 1.807) is 0 Å². The number of nitriles is 3. The van der Waals surface area contributed by atoms with E-state index in [0.29, 0.717) is 16.7 Å². The van der Waals surface area contributed by atoms with Gasteiger partial charge in [0.15, 0.2) is 0 Å². The Morgan fingerprint density at radius 1 is 0.400 bits per heavy atom. The maximum absolute atomic E-state index is 10.2. The lowest BCUT2D eigenvalue weighted by atomic mass is 9.92. The zero-order valence-electron chi connectivity index (χ0n) is 26.7. The van der Waals surface area contributed by atoms with Crippen molar-refractivity contribution in [1.82, 2.24) is 9.13 Å². The van der Waals surface area contributed by atoms with E-state index in [-0.39, 0.29) is 0 Å². The summed E-state index contributed by atoms with van der Waals surface area (Å²) in [4.78, 5) is 0. The summed E-state index contributed by atoms with van der Waals surface area (Å²) in [5.41, 5.74) is 11.5. The van der Waals surface area contributed by atoms with Gasteiger partial charge in [-0.05, 0) is 77.4 Å². The first-order chi connectivity index (χ1) is 24.7. The van der Waals surface area contributed by atoms with Crippen molar-refractivity contribution < 1.29 is 0 Å². The molecule has 0 aliphatic heterocycles. The summed E-state index contributed by atoms with van der Waals surface area (Å²) in [5.74, 6) is 0. The first-order valence-electron chi connectivity index (χ1n) is 16.3. The van der Waals surface area contributed by atoms with Gasteiger partial charge < -0.3 is 9.13 Å². The molecule has 0 amide bonds. The molecule has 5 nitrogen and oxygen atoms in total. The van der Waals surface area contributed by atoms with Gasteiger partial charge in [-0.15, -0.1) is 0 Å². The molecule has 9 aromatic rings. The normalized spacial score (nSPS) is 11.1. The maximum atomic E-state index is 10.2. The smallest absolute Gasteiger partial charge is 0.101 e. The number of fused-ring (bicyclic) bond motifs is 6. The summed E-state index contributed by atoms with van der Waals surface area (Å²) < 4.78 is 4.40. The fourth-order valence-electron chi connectivity index (χ4n) is 7.48. The van der Waals surface area contributed by atoms with Gasteiger partial charge in [0.2, 0.25) is 0 Å². The second kappa shape index (κ2) is 11.4. The predicted molar refractivity (Wildman–Crippen MR) is 200 cm³/mol. The molecule has 0 aliphatic carbocycles. The van der Waals surface area contributed by atoms with Gasteiger partial charge in [0, 0.05) is 32.8 Å². The van der Waals surface area contributed by atoms with E-state index in [4.69, 9.17) is 0 Å². The summed E-state index contributed by atoms with van der Waals surface area (Å²) in [7, 11) is 0. The van der Waals surface area contributed by atoms with Crippen LogP contribution in [0.1, 0.15) is 16.7 Å². The van der Waals surface area contributed by atoms with Crippen LogP contribution in [0.4, 0.5) is 0 Å². The molecule has 5 heteroatoms. The van der Waals surface area contributed by atoms with Gasteiger partial charge in [-0.3, -0.25) is 0 Å². The molecule has 2 aromatic heterocycles. The first-order valence-corrected chi connectivity index (χ1v) is 16.3. The van der Waals surface area contributed by atoms with Gasteiger partial charge in [0.1, 0.15) is 6.07 Å². The standard InChI is InChI=1S/C45H25N5/c46-26-29-20-22-43-40(23-29)39-16-8-10-32(28-48)45(39)49(43)33-11-7-9-31(25-33)34-12-1-2-13-35(34)38-21-19-30(27-47)24-44(38)50-41-17-5-3-14-36(41)37-15-4-6-18-42(37)50/h1-25H. The third-order valence-corrected chi connectivity index (χ3v) is 9.62. The molecule has 0 unspecified atom stereocenters. The van der Waals surface area contributed by atoms with Crippen LogP contribution >= 0.6 is 0 Å². The second-order valence-electron chi connectivity index (χ2n) is 12.3. The molecule has 0 spiro atoms. The summed E-state index contributed by atoms with van der Waals surface area (Å²) in [6.45, 7) is 0. The van der Waals surface area contributed by atoms with Crippen molar-refractivity contribution in [1.29, 1.82) is 15.8 Å². The SMILES string of the molecule is N#Cc1ccc(-c2ccccc2-c2cccc(-n3c4ccc(C#N)cc4c4cccc(C#N)c43)c2)c(-n2c3ccccc3c3ccccc32)c1. The van der Waals surface area contributed by atoms with Crippen molar-refractivity contribution in [3.63, 3.8) is 0 Å². The number of benzene rings is 7. The maximum Gasteiger partial charge on any atom is 0.101 e. The van der Waals surface area contributed by atoms with Crippen molar-refractivity contribution in [2.45, 2.75) is 0 Å². The van der Waals surface area contributed by atoms with Gasteiger partial charge in [0.05, 0.1) is 56.6 Å². The molecule has 0 bridgehead atoms. The summed E-state index contributed by atoms with van der Waals surface area (Å²) >= 11 is 0. The Balaban J connectivity index is 1.29. The lowest BCUT2D eigenvalue weighted by Crippen LogP contribution is -1.99. The van der Waals surface area contributed by atoms with Gasteiger partial charge in [-0.1, -0.05) is 91.0 Å². The van der Waals surface area contributed by atoms with E-state index in [1.165, 1.54) is 0 Å². The zero-order chi connectivity index (χ0) is 33.8. The summed E-state index contributed by atoms with van der Waals surface area (Å²) in [5, 5.41) is 34.0. The molecule has 50 heavy (non-hydrogen) atoms. The quantitative estimate of drug-likeness (QED) is 0.193. The van der Waals surface area contributed by atoms with Crippen LogP contribution in [0.25, 0.3) is 77.2 Å². The van der Waals surface area contributed by atoms with Crippen LogP contribution in [0.3, 0.4) is 0 Å². The lowest BCUT2D eigenvalue weighted by Gasteiger charge is -2.18. The fourth-order valence-corrected chi connectivity index (χ4v) is 7.48. The predicted octanol–water partition coefficient (Wildman–Crippen LogP) is 10.8. The molecule has 7 aromatic carbocycles. The van der Waals surface area contributed by atoms with E-state index in [1.807, 2.05) is 60.7 Å². The molecular formula is C45H25N5. The van der Waals surface area contributed by atoms with Crippen LogP contribution < -0.4 is 0 Å². The molecule has 230 valence electrons. The summed E-state index contributed by atoms with van der Waals surface area (Å²) in [6.07, 6.45) is 0. The number of hydrogen-bond acceptors (Lipinski definition) is 3. The average molecular weight is 636 g/mol. The molecule has 0 atom stereocenters. The van der Waals surface area contributed by atoms with Crippen LogP contribution in [-0.2, 0) is 0 Å². The molecule has 0 aliphatic rings. The molecule has 0 fully saturated rings. The Morgan fingerprint density at radius 2 is 1.02 bits per heavy atom. The minimum Gasteiger partial charge on any atom is -0.309 e. The molecule has 0 saturated carbocycles. The topological polar surface area (TPSA) is 81.2 Å². The van der Waals surface area contributed by atoms with Gasteiger partial charge >= 0.3 is 0 Å². The number of rotatable bonds is 4. The van der Waals surface area contributed by atoms with Crippen LogP contribution in [-0.4, -0.2) is 9.13 Å². The van der Waals surface area contributed by atoms with E-state index >= 15 is 0 Å². The van der Waals surface area contributed by atoms with Crippen molar-refractivity contribution in [3.05, 3.63) is 168 Å². The lowest BCUT2D eigenvalue weighted by molar-refractivity contribution is 1.17.